The summed E-state index contributed by atoms with van der Waals surface area (Å²) in [5, 5.41) is 8.44. The van der Waals surface area contributed by atoms with Crippen LogP contribution >= 0.6 is 0 Å². The lowest BCUT2D eigenvalue weighted by atomic mass is 10.1. The number of epoxide rings is 1. The molecule has 0 saturated carbocycles. The Morgan fingerprint density at radius 1 is 1.19 bits per heavy atom. The molecule has 0 radical (unpaired) electrons. The van der Waals surface area contributed by atoms with Crippen LogP contribution in [0.2, 0.25) is 0 Å². The van der Waals surface area contributed by atoms with E-state index in [0.29, 0.717) is 6.42 Å². The topological polar surface area (TPSA) is 49.8 Å². The molecule has 1 N–H and O–H groups in total. The van der Waals surface area contributed by atoms with Crippen molar-refractivity contribution in [1.82, 2.24) is 0 Å². The maximum atomic E-state index is 10.3. The molecule has 0 amide bonds. The molecule has 0 bridgehead atoms. The number of hydrogen-bond donors (Lipinski definition) is 1. The largest absolute Gasteiger partial charge is 0.481 e. The summed E-state index contributed by atoms with van der Waals surface area (Å²) >= 11 is 0. The van der Waals surface area contributed by atoms with Gasteiger partial charge in [0.2, 0.25) is 0 Å². The van der Waals surface area contributed by atoms with E-state index in [0.717, 1.165) is 12.8 Å². The zero-order valence-corrected chi connectivity index (χ0v) is 12.6. The van der Waals surface area contributed by atoms with Crippen LogP contribution in [-0.2, 0) is 9.53 Å². The second kappa shape index (κ2) is 11.0. The van der Waals surface area contributed by atoms with Crippen molar-refractivity contribution in [3.05, 3.63) is 12.7 Å². The van der Waals surface area contributed by atoms with Crippen LogP contribution in [0.3, 0.4) is 0 Å². The van der Waals surface area contributed by atoms with E-state index in [1.807, 2.05) is 6.08 Å². The molecule has 0 spiro atoms. The van der Waals surface area contributed by atoms with Crippen molar-refractivity contribution < 1.29 is 14.6 Å². The van der Waals surface area contributed by atoms with Crippen LogP contribution in [0, 0.1) is 23.7 Å². The van der Waals surface area contributed by atoms with Crippen LogP contribution in [0.25, 0.3) is 0 Å². The number of carbonyl (C=O) groups is 1. The average molecular weight is 288 g/mol. The van der Waals surface area contributed by atoms with Crippen LogP contribution < -0.4 is 0 Å². The predicted molar refractivity (Wildman–Crippen MR) is 83.6 cm³/mol. The van der Waals surface area contributed by atoms with Crippen LogP contribution in [0.1, 0.15) is 57.8 Å². The van der Waals surface area contributed by atoms with Gasteiger partial charge in [-0.2, -0.15) is 0 Å². The van der Waals surface area contributed by atoms with Gasteiger partial charge in [0, 0.05) is 6.42 Å². The summed E-state index contributed by atoms with van der Waals surface area (Å²) in [6, 6.07) is 0. The Bertz CT molecular complexity index is 445. The van der Waals surface area contributed by atoms with Crippen LogP contribution in [0.15, 0.2) is 12.7 Å². The van der Waals surface area contributed by atoms with E-state index >= 15 is 0 Å². The molecule has 2 atom stereocenters. The fraction of sp³-hybridized carbons (Fsp3) is 0.611. The molecule has 3 heteroatoms. The van der Waals surface area contributed by atoms with E-state index < -0.39 is 5.97 Å². The number of rotatable bonds is 10. The summed E-state index contributed by atoms with van der Waals surface area (Å²) in [6.07, 6.45) is 11.2. The Kier molecular flexibility index (Phi) is 9.09. The van der Waals surface area contributed by atoms with Crippen molar-refractivity contribution in [3.63, 3.8) is 0 Å². The third-order valence-corrected chi connectivity index (χ3v) is 3.31. The smallest absolute Gasteiger partial charge is 0.304 e. The first kappa shape index (κ1) is 17.3. The molecule has 1 fully saturated rings. The minimum Gasteiger partial charge on any atom is -0.481 e. The molecule has 1 aliphatic rings. The van der Waals surface area contributed by atoms with Gasteiger partial charge in [-0.3, -0.25) is 4.79 Å². The van der Waals surface area contributed by atoms with Crippen molar-refractivity contribution >= 4 is 5.97 Å². The number of carboxylic acid groups (broad SMARTS) is 1. The summed E-state index contributed by atoms with van der Waals surface area (Å²) in [4.78, 5) is 10.3. The quantitative estimate of drug-likeness (QED) is 0.289. The molecule has 1 saturated heterocycles. The van der Waals surface area contributed by atoms with E-state index in [4.69, 9.17) is 9.84 Å². The van der Waals surface area contributed by atoms with Gasteiger partial charge in [0.05, 0.1) is 12.5 Å². The molecule has 21 heavy (non-hydrogen) atoms. The highest BCUT2D eigenvalue weighted by molar-refractivity contribution is 5.67. The van der Waals surface area contributed by atoms with Gasteiger partial charge >= 0.3 is 5.97 Å². The number of ether oxygens (including phenoxy) is 1. The van der Waals surface area contributed by atoms with E-state index in [-0.39, 0.29) is 18.6 Å². The Labute approximate surface area is 127 Å². The van der Waals surface area contributed by atoms with Crippen molar-refractivity contribution in [2.24, 2.45) is 0 Å². The number of allylic oxidation sites excluding steroid dienone is 1. The minimum atomic E-state index is -0.827. The van der Waals surface area contributed by atoms with E-state index in [1.54, 1.807) is 0 Å². The zero-order chi connectivity index (χ0) is 15.3. The standard InChI is InChI=1S/C18H24O3/c1-2-3-4-5-6-7-10-13-16-17(21-16)14-11-8-9-12-15-18(19)20/h2,16-17H,1,3-7,10,12-13,15H2,(H,19,20)/t16-,17-/m1/s1. The summed E-state index contributed by atoms with van der Waals surface area (Å²) in [6.45, 7) is 3.72. The first-order chi connectivity index (χ1) is 10.2. The fourth-order valence-electron chi connectivity index (χ4n) is 2.04. The third-order valence-electron chi connectivity index (χ3n) is 3.31. The monoisotopic (exact) mass is 288 g/mol. The molecule has 3 nitrogen and oxygen atoms in total. The number of unbranched alkanes of at least 4 members (excludes halogenated alkanes) is 5. The normalized spacial score (nSPS) is 18.9. The summed E-state index contributed by atoms with van der Waals surface area (Å²) < 4.78 is 5.46. The van der Waals surface area contributed by atoms with Crippen LogP contribution in [-0.4, -0.2) is 23.3 Å². The Morgan fingerprint density at radius 2 is 1.95 bits per heavy atom. The van der Waals surface area contributed by atoms with Gasteiger partial charge in [-0.1, -0.05) is 43.6 Å². The highest BCUT2D eigenvalue weighted by Crippen LogP contribution is 2.26. The van der Waals surface area contributed by atoms with E-state index in [9.17, 15) is 4.79 Å². The SMILES string of the molecule is C=CCCCCCCC[C@H]1O[C@@H]1C#CC#CCCC(=O)O. The van der Waals surface area contributed by atoms with Gasteiger partial charge in [-0.05, 0) is 31.1 Å². The minimum absolute atomic E-state index is 0.0412. The number of aliphatic carboxylic acids is 1. The van der Waals surface area contributed by atoms with E-state index in [1.165, 1.54) is 32.1 Å². The molecule has 0 aromatic carbocycles. The maximum absolute atomic E-state index is 10.3. The van der Waals surface area contributed by atoms with Crippen molar-refractivity contribution in [1.29, 1.82) is 0 Å². The lowest BCUT2D eigenvalue weighted by molar-refractivity contribution is -0.136. The molecule has 1 rings (SSSR count). The van der Waals surface area contributed by atoms with Gasteiger partial charge in [-0.15, -0.1) is 6.58 Å². The van der Waals surface area contributed by atoms with Crippen LogP contribution in [0.5, 0.6) is 0 Å². The van der Waals surface area contributed by atoms with E-state index in [2.05, 4.69) is 30.3 Å². The fourth-order valence-corrected chi connectivity index (χ4v) is 2.04. The van der Waals surface area contributed by atoms with Crippen molar-refractivity contribution in [2.45, 2.75) is 70.0 Å². The molecule has 1 heterocycles. The molecule has 0 aliphatic carbocycles. The number of hydrogen-bond acceptors (Lipinski definition) is 2. The van der Waals surface area contributed by atoms with Gasteiger partial charge < -0.3 is 9.84 Å². The molecular weight excluding hydrogens is 264 g/mol. The van der Waals surface area contributed by atoms with Gasteiger partial charge in [-0.25, -0.2) is 0 Å². The number of carboxylic acids is 1. The van der Waals surface area contributed by atoms with Gasteiger partial charge in [0.25, 0.3) is 0 Å². The molecule has 1 aliphatic heterocycles. The van der Waals surface area contributed by atoms with Crippen LogP contribution in [0.4, 0.5) is 0 Å². The zero-order valence-electron chi connectivity index (χ0n) is 12.6. The first-order valence-electron chi connectivity index (χ1n) is 7.70. The van der Waals surface area contributed by atoms with Crippen molar-refractivity contribution in [3.8, 4) is 23.7 Å². The molecule has 0 aromatic heterocycles. The summed E-state index contributed by atoms with van der Waals surface area (Å²) in [5.41, 5.74) is 0. The lowest BCUT2D eigenvalue weighted by Crippen LogP contribution is -1.92. The second-order valence-corrected chi connectivity index (χ2v) is 5.19. The average Bonchev–Trinajstić information content (AvgIpc) is 3.20. The van der Waals surface area contributed by atoms with Gasteiger partial charge in [0.1, 0.15) is 6.10 Å². The predicted octanol–water partition coefficient (Wildman–Crippen LogP) is 3.54. The highest BCUT2D eigenvalue weighted by Gasteiger charge is 2.36. The second-order valence-electron chi connectivity index (χ2n) is 5.19. The third kappa shape index (κ3) is 9.77. The summed E-state index contributed by atoms with van der Waals surface area (Å²) in [5.74, 6) is 10.3. The van der Waals surface area contributed by atoms with Crippen molar-refractivity contribution in [2.75, 3.05) is 0 Å². The highest BCUT2D eigenvalue weighted by atomic mass is 16.6. The molecule has 0 unspecified atom stereocenters. The lowest BCUT2D eigenvalue weighted by Gasteiger charge is -1.98. The van der Waals surface area contributed by atoms with Gasteiger partial charge in [0.15, 0.2) is 0 Å². The Hall–Kier alpha value is -1.71. The molecular formula is C18H24O3. The first-order valence-corrected chi connectivity index (χ1v) is 7.70. The Morgan fingerprint density at radius 3 is 2.71 bits per heavy atom. The molecule has 114 valence electrons. The summed E-state index contributed by atoms with van der Waals surface area (Å²) in [7, 11) is 0. The molecule has 0 aromatic rings. The Balaban J connectivity index is 1.97. The maximum Gasteiger partial charge on any atom is 0.304 e.